The van der Waals surface area contributed by atoms with Crippen molar-refractivity contribution < 1.29 is 14.3 Å². The van der Waals surface area contributed by atoms with Crippen molar-refractivity contribution in [3.05, 3.63) is 58.3 Å². The molecule has 6 nitrogen and oxygen atoms in total. The van der Waals surface area contributed by atoms with Gasteiger partial charge >= 0.3 is 0 Å². The molecule has 120 valence electrons. The number of hydrogen-bond acceptors (Lipinski definition) is 4. The minimum absolute atomic E-state index is 0.186. The summed E-state index contributed by atoms with van der Waals surface area (Å²) in [6.07, 6.45) is 3.78. The predicted molar refractivity (Wildman–Crippen MR) is 88.9 cm³/mol. The van der Waals surface area contributed by atoms with E-state index in [1.165, 1.54) is 6.20 Å². The molecule has 7 heteroatoms. The molecule has 0 unspecified atom stereocenters. The van der Waals surface area contributed by atoms with Gasteiger partial charge in [0, 0.05) is 16.9 Å². The number of carbonyl (C=O) groups is 2. The Hall–Kier alpha value is -2.41. The molecule has 2 N–H and O–H groups in total. The molecule has 1 heterocycles. The van der Waals surface area contributed by atoms with Crippen LogP contribution in [-0.4, -0.2) is 23.4 Å². The number of rotatable bonds is 5. The lowest BCUT2D eigenvalue weighted by molar-refractivity contribution is -0.123. The maximum absolute atomic E-state index is 11.8. The van der Waals surface area contributed by atoms with Crippen LogP contribution < -0.4 is 15.6 Å². The average molecular weight is 378 g/mol. The molecule has 0 bridgehead atoms. The first-order valence-electron chi connectivity index (χ1n) is 7.00. The fraction of sp³-hybridized carbons (Fsp3) is 0.188. The highest BCUT2D eigenvalue weighted by atomic mass is 79.9. The first-order valence-corrected chi connectivity index (χ1v) is 7.80. The molecule has 0 radical (unpaired) electrons. The van der Waals surface area contributed by atoms with Gasteiger partial charge in [-0.15, -0.1) is 0 Å². The summed E-state index contributed by atoms with van der Waals surface area (Å²) in [4.78, 5) is 27.5. The standard InChI is InChI=1S/C16H16BrN3O3/c1-2-11-5-3-4-6-14(11)23-10-15(21)19-20-16(22)12-7-13(17)9-18-8-12/h3-9H,2,10H2,1H3,(H,19,21)(H,20,22). The Morgan fingerprint density at radius 3 is 2.74 bits per heavy atom. The smallest absolute Gasteiger partial charge is 0.276 e. The lowest BCUT2D eigenvalue weighted by Gasteiger charge is -2.11. The van der Waals surface area contributed by atoms with Crippen LogP contribution in [0.15, 0.2) is 47.2 Å². The zero-order chi connectivity index (χ0) is 16.7. The van der Waals surface area contributed by atoms with Crippen LogP contribution in [-0.2, 0) is 11.2 Å². The zero-order valence-electron chi connectivity index (χ0n) is 12.5. The molecule has 0 aliphatic rings. The minimum atomic E-state index is -0.457. The number of halogens is 1. The van der Waals surface area contributed by atoms with E-state index in [1.807, 2.05) is 25.1 Å². The highest BCUT2D eigenvalue weighted by molar-refractivity contribution is 9.10. The minimum Gasteiger partial charge on any atom is -0.483 e. The molecular formula is C16H16BrN3O3. The third kappa shape index (κ3) is 5.07. The number of hydrazine groups is 1. The maximum Gasteiger partial charge on any atom is 0.276 e. The Balaban J connectivity index is 1.82. The number of pyridine rings is 1. The molecule has 0 saturated carbocycles. The summed E-state index contributed by atoms with van der Waals surface area (Å²) in [5, 5.41) is 0. The number of amides is 2. The van der Waals surface area contributed by atoms with Gasteiger partial charge in [-0.25, -0.2) is 0 Å². The van der Waals surface area contributed by atoms with Crippen molar-refractivity contribution in [3.8, 4) is 5.75 Å². The molecule has 2 aromatic rings. The topological polar surface area (TPSA) is 80.3 Å². The number of carbonyl (C=O) groups excluding carboxylic acids is 2. The van der Waals surface area contributed by atoms with Gasteiger partial charge in [0.05, 0.1) is 5.56 Å². The molecule has 1 aromatic carbocycles. The monoisotopic (exact) mass is 377 g/mol. The van der Waals surface area contributed by atoms with E-state index >= 15 is 0 Å². The number of nitrogens with one attached hydrogen (secondary N) is 2. The summed E-state index contributed by atoms with van der Waals surface area (Å²) in [5.74, 6) is -0.249. The van der Waals surface area contributed by atoms with Crippen LogP contribution in [0.3, 0.4) is 0 Å². The van der Waals surface area contributed by atoms with E-state index in [1.54, 1.807) is 18.3 Å². The third-order valence-corrected chi connectivity index (χ3v) is 3.43. The number of aromatic nitrogens is 1. The van der Waals surface area contributed by atoms with Crippen LogP contribution in [0.2, 0.25) is 0 Å². The Bertz CT molecular complexity index is 706. The summed E-state index contributed by atoms with van der Waals surface area (Å²) in [7, 11) is 0. The van der Waals surface area contributed by atoms with Crippen molar-refractivity contribution in [2.45, 2.75) is 13.3 Å². The van der Waals surface area contributed by atoms with Gasteiger partial charge in [0.15, 0.2) is 6.61 Å². The molecule has 2 rings (SSSR count). The molecule has 0 fully saturated rings. The Labute approximate surface area is 142 Å². The average Bonchev–Trinajstić information content (AvgIpc) is 2.58. The number of aryl methyl sites for hydroxylation is 1. The highest BCUT2D eigenvalue weighted by Gasteiger charge is 2.09. The highest BCUT2D eigenvalue weighted by Crippen LogP contribution is 2.17. The van der Waals surface area contributed by atoms with E-state index in [9.17, 15) is 9.59 Å². The molecule has 0 atom stereocenters. The van der Waals surface area contributed by atoms with Crippen LogP contribution in [0, 0.1) is 0 Å². The fourth-order valence-corrected chi connectivity index (χ4v) is 2.22. The second kappa shape index (κ2) is 8.28. The largest absolute Gasteiger partial charge is 0.483 e. The number of ether oxygens (including phenoxy) is 1. The lowest BCUT2D eigenvalue weighted by atomic mass is 10.1. The van der Waals surface area contributed by atoms with Crippen LogP contribution in [0.4, 0.5) is 0 Å². The third-order valence-electron chi connectivity index (χ3n) is 2.99. The Morgan fingerprint density at radius 2 is 2.00 bits per heavy atom. The van der Waals surface area contributed by atoms with Crippen LogP contribution in [0.25, 0.3) is 0 Å². The van der Waals surface area contributed by atoms with Crippen molar-refractivity contribution in [2.75, 3.05) is 6.61 Å². The van der Waals surface area contributed by atoms with Gasteiger partial charge in [-0.1, -0.05) is 25.1 Å². The number of para-hydroxylation sites is 1. The van der Waals surface area contributed by atoms with Crippen molar-refractivity contribution in [2.24, 2.45) is 0 Å². The summed E-state index contributed by atoms with van der Waals surface area (Å²) >= 11 is 3.22. The molecular weight excluding hydrogens is 362 g/mol. The second-order valence-electron chi connectivity index (χ2n) is 4.64. The normalized spacial score (nSPS) is 10.0. The fourth-order valence-electron chi connectivity index (χ4n) is 1.85. The van der Waals surface area contributed by atoms with Crippen LogP contribution in [0.5, 0.6) is 5.75 Å². The molecule has 0 saturated heterocycles. The maximum atomic E-state index is 11.8. The summed E-state index contributed by atoms with van der Waals surface area (Å²) in [5.41, 5.74) is 5.96. The number of nitrogens with zero attached hydrogens (tertiary/aromatic N) is 1. The van der Waals surface area contributed by atoms with Crippen molar-refractivity contribution in [1.82, 2.24) is 15.8 Å². The molecule has 23 heavy (non-hydrogen) atoms. The van der Waals surface area contributed by atoms with Gasteiger partial charge in [-0.2, -0.15) is 0 Å². The molecule has 0 aliphatic heterocycles. The summed E-state index contributed by atoms with van der Waals surface area (Å²) in [6.45, 7) is 1.82. The predicted octanol–water partition coefficient (Wildman–Crippen LogP) is 2.25. The second-order valence-corrected chi connectivity index (χ2v) is 5.56. The summed E-state index contributed by atoms with van der Waals surface area (Å²) in [6, 6.07) is 9.10. The Morgan fingerprint density at radius 1 is 1.22 bits per heavy atom. The lowest BCUT2D eigenvalue weighted by Crippen LogP contribution is -2.43. The van der Waals surface area contributed by atoms with Crippen molar-refractivity contribution >= 4 is 27.7 Å². The first-order chi connectivity index (χ1) is 11.1. The first kappa shape index (κ1) is 17.0. The summed E-state index contributed by atoms with van der Waals surface area (Å²) < 4.78 is 6.14. The van der Waals surface area contributed by atoms with Gasteiger partial charge < -0.3 is 4.74 Å². The van der Waals surface area contributed by atoms with E-state index in [4.69, 9.17) is 4.74 Å². The number of benzene rings is 1. The molecule has 0 aliphatic carbocycles. The molecule has 0 spiro atoms. The van der Waals surface area contributed by atoms with Gasteiger partial charge in [0.25, 0.3) is 11.8 Å². The van der Waals surface area contributed by atoms with Gasteiger partial charge in [0.1, 0.15) is 5.75 Å². The van der Waals surface area contributed by atoms with E-state index in [2.05, 4.69) is 31.8 Å². The zero-order valence-corrected chi connectivity index (χ0v) is 14.1. The van der Waals surface area contributed by atoms with Gasteiger partial charge in [-0.05, 0) is 40.0 Å². The van der Waals surface area contributed by atoms with E-state index in [0.717, 1.165) is 12.0 Å². The van der Waals surface area contributed by atoms with Crippen molar-refractivity contribution in [1.29, 1.82) is 0 Å². The van der Waals surface area contributed by atoms with Crippen LogP contribution >= 0.6 is 15.9 Å². The number of hydrogen-bond donors (Lipinski definition) is 2. The quantitative estimate of drug-likeness (QED) is 0.783. The van der Waals surface area contributed by atoms with Crippen LogP contribution in [0.1, 0.15) is 22.8 Å². The van der Waals surface area contributed by atoms with Crippen molar-refractivity contribution in [3.63, 3.8) is 0 Å². The van der Waals surface area contributed by atoms with Gasteiger partial charge in [-0.3, -0.25) is 25.4 Å². The Kier molecular flexibility index (Phi) is 6.10. The molecule has 1 aromatic heterocycles. The van der Waals surface area contributed by atoms with Gasteiger partial charge in [0.2, 0.25) is 0 Å². The van der Waals surface area contributed by atoms with E-state index in [-0.39, 0.29) is 6.61 Å². The molecule has 2 amide bonds. The van der Waals surface area contributed by atoms with E-state index < -0.39 is 11.8 Å². The van der Waals surface area contributed by atoms with E-state index in [0.29, 0.717) is 15.8 Å². The SMILES string of the molecule is CCc1ccccc1OCC(=O)NNC(=O)c1cncc(Br)c1.